The van der Waals surface area contributed by atoms with Crippen LogP contribution < -0.4 is 0 Å². The van der Waals surface area contributed by atoms with Gasteiger partial charge in [-0.05, 0) is 36.5 Å². The van der Waals surface area contributed by atoms with Crippen molar-refractivity contribution in [1.29, 1.82) is 0 Å². The molecule has 0 aliphatic rings. The van der Waals surface area contributed by atoms with Gasteiger partial charge in [-0.15, -0.1) is 0 Å². The highest BCUT2D eigenvalue weighted by atomic mass is 35.5. The summed E-state index contributed by atoms with van der Waals surface area (Å²) in [5, 5.41) is 0.711. The minimum Gasteiger partial charge on any atom is -0.429 e. The highest BCUT2D eigenvalue weighted by Gasteiger charge is 2.02. The Balaban J connectivity index is 2.49. The molecular formula is C10H8ClNOS. The van der Waals surface area contributed by atoms with Crippen molar-refractivity contribution in [3.05, 3.63) is 40.3 Å². The van der Waals surface area contributed by atoms with Gasteiger partial charge in [0.15, 0.2) is 5.76 Å². The van der Waals surface area contributed by atoms with Crippen molar-refractivity contribution in [3.63, 3.8) is 0 Å². The summed E-state index contributed by atoms with van der Waals surface area (Å²) in [6.07, 6.45) is 1.85. The zero-order valence-corrected chi connectivity index (χ0v) is 9.10. The Labute approximate surface area is 91.7 Å². The van der Waals surface area contributed by atoms with Crippen LogP contribution in [0.1, 0.15) is 0 Å². The standard InChI is InChI=1S/C10H8ClNOS/c1-12-6-9(13-10(12)14)7-2-4-8(11)5-3-7/h2-6H,1H3. The summed E-state index contributed by atoms with van der Waals surface area (Å²) in [5.74, 6) is 0.758. The number of aromatic nitrogens is 1. The highest BCUT2D eigenvalue weighted by Crippen LogP contribution is 2.21. The fourth-order valence-electron chi connectivity index (χ4n) is 1.17. The molecule has 1 aromatic carbocycles. The van der Waals surface area contributed by atoms with Crippen LogP contribution in [-0.4, -0.2) is 4.57 Å². The van der Waals surface area contributed by atoms with E-state index in [4.69, 9.17) is 28.2 Å². The molecule has 2 nitrogen and oxygen atoms in total. The number of hydrogen-bond acceptors (Lipinski definition) is 2. The first kappa shape index (κ1) is 9.49. The molecule has 0 fully saturated rings. The molecule has 0 atom stereocenters. The minimum absolute atomic E-state index is 0.468. The maximum absolute atomic E-state index is 5.78. The molecule has 2 aromatic rings. The lowest BCUT2D eigenvalue weighted by molar-refractivity contribution is 0.535. The fourth-order valence-corrected chi connectivity index (χ4v) is 1.44. The van der Waals surface area contributed by atoms with Crippen molar-refractivity contribution >= 4 is 23.8 Å². The molecule has 0 bridgehead atoms. The minimum atomic E-state index is 0.468. The molecule has 1 aromatic heterocycles. The van der Waals surface area contributed by atoms with Crippen molar-refractivity contribution in [2.75, 3.05) is 0 Å². The molecule has 0 aliphatic heterocycles. The van der Waals surface area contributed by atoms with Gasteiger partial charge >= 0.3 is 0 Å². The van der Waals surface area contributed by atoms with E-state index in [-0.39, 0.29) is 0 Å². The van der Waals surface area contributed by atoms with Crippen LogP contribution in [0.25, 0.3) is 11.3 Å². The fraction of sp³-hybridized carbons (Fsp3) is 0.100. The SMILES string of the molecule is Cn1cc(-c2ccc(Cl)cc2)oc1=S. The summed E-state index contributed by atoms with van der Waals surface area (Å²) in [4.78, 5) is 0.468. The Morgan fingerprint density at radius 1 is 1.29 bits per heavy atom. The van der Waals surface area contributed by atoms with Gasteiger partial charge < -0.3 is 8.98 Å². The molecule has 1 heterocycles. The van der Waals surface area contributed by atoms with Gasteiger partial charge in [-0.25, -0.2) is 0 Å². The van der Waals surface area contributed by atoms with E-state index in [9.17, 15) is 0 Å². The second kappa shape index (κ2) is 3.59. The largest absolute Gasteiger partial charge is 0.429 e. The molecule has 72 valence electrons. The molecule has 14 heavy (non-hydrogen) atoms. The van der Waals surface area contributed by atoms with E-state index in [1.54, 1.807) is 4.57 Å². The number of oxazole rings is 1. The Hall–Kier alpha value is -1.06. The molecule has 2 rings (SSSR count). The van der Waals surface area contributed by atoms with Crippen molar-refractivity contribution in [2.24, 2.45) is 7.05 Å². The maximum Gasteiger partial charge on any atom is 0.268 e. The first-order valence-electron chi connectivity index (χ1n) is 4.09. The third kappa shape index (κ3) is 1.74. The second-order valence-corrected chi connectivity index (χ2v) is 3.76. The van der Waals surface area contributed by atoms with Crippen LogP contribution in [0.5, 0.6) is 0 Å². The molecule has 0 spiro atoms. The van der Waals surface area contributed by atoms with Gasteiger partial charge in [0, 0.05) is 17.6 Å². The van der Waals surface area contributed by atoms with Crippen LogP contribution in [0.4, 0.5) is 0 Å². The molecule has 0 unspecified atom stereocenters. The summed E-state index contributed by atoms with van der Waals surface area (Å²) in [7, 11) is 1.85. The Morgan fingerprint density at radius 3 is 2.43 bits per heavy atom. The molecule has 0 saturated carbocycles. The lowest BCUT2D eigenvalue weighted by atomic mass is 10.2. The third-order valence-corrected chi connectivity index (χ3v) is 2.55. The van der Waals surface area contributed by atoms with E-state index < -0.39 is 0 Å². The average Bonchev–Trinajstić information content (AvgIpc) is 2.48. The number of nitrogens with zero attached hydrogens (tertiary/aromatic N) is 1. The van der Waals surface area contributed by atoms with Gasteiger partial charge in [0.25, 0.3) is 4.84 Å². The third-order valence-electron chi connectivity index (χ3n) is 1.92. The molecule has 0 amide bonds. The quantitative estimate of drug-likeness (QED) is 0.690. The first-order chi connectivity index (χ1) is 6.66. The zero-order chi connectivity index (χ0) is 10.1. The summed E-state index contributed by atoms with van der Waals surface area (Å²) in [6, 6.07) is 7.44. The van der Waals surface area contributed by atoms with Crippen molar-refractivity contribution in [2.45, 2.75) is 0 Å². The van der Waals surface area contributed by atoms with E-state index in [1.165, 1.54) is 0 Å². The molecule has 0 saturated heterocycles. The number of aryl methyl sites for hydroxylation is 1. The van der Waals surface area contributed by atoms with Crippen molar-refractivity contribution in [1.82, 2.24) is 4.57 Å². The average molecular weight is 226 g/mol. The maximum atomic E-state index is 5.78. The van der Waals surface area contributed by atoms with Gasteiger partial charge in [0.05, 0.1) is 6.20 Å². The van der Waals surface area contributed by atoms with E-state index in [0.717, 1.165) is 11.3 Å². The summed E-state index contributed by atoms with van der Waals surface area (Å²) < 4.78 is 7.14. The van der Waals surface area contributed by atoms with Crippen LogP contribution in [0.2, 0.25) is 5.02 Å². The van der Waals surface area contributed by atoms with Crippen LogP contribution in [0.15, 0.2) is 34.9 Å². The van der Waals surface area contributed by atoms with Gasteiger partial charge in [-0.3, -0.25) is 0 Å². The van der Waals surface area contributed by atoms with Crippen LogP contribution >= 0.6 is 23.8 Å². The van der Waals surface area contributed by atoms with Gasteiger partial charge in [0.2, 0.25) is 0 Å². The highest BCUT2D eigenvalue weighted by molar-refractivity contribution is 7.71. The van der Waals surface area contributed by atoms with E-state index in [2.05, 4.69) is 0 Å². The Morgan fingerprint density at radius 2 is 1.93 bits per heavy atom. The summed E-state index contributed by atoms with van der Waals surface area (Å²) in [6.45, 7) is 0. The number of benzene rings is 1. The zero-order valence-electron chi connectivity index (χ0n) is 7.53. The van der Waals surface area contributed by atoms with E-state index in [1.807, 2.05) is 37.5 Å². The molecular weight excluding hydrogens is 218 g/mol. The van der Waals surface area contributed by atoms with Crippen LogP contribution in [-0.2, 0) is 7.05 Å². The smallest absolute Gasteiger partial charge is 0.268 e. The molecule has 4 heteroatoms. The summed E-state index contributed by atoms with van der Waals surface area (Å²) >= 11 is 10.7. The Kier molecular flexibility index (Phi) is 2.44. The molecule has 0 radical (unpaired) electrons. The molecule has 0 aliphatic carbocycles. The van der Waals surface area contributed by atoms with E-state index >= 15 is 0 Å². The lowest BCUT2D eigenvalue weighted by Gasteiger charge is -1.94. The topological polar surface area (TPSA) is 18.1 Å². The molecule has 0 N–H and O–H groups in total. The van der Waals surface area contributed by atoms with Gasteiger partial charge in [0.1, 0.15) is 0 Å². The van der Waals surface area contributed by atoms with Gasteiger partial charge in [-0.1, -0.05) is 11.6 Å². The second-order valence-electron chi connectivity index (χ2n) is 2.98. The summed E-state index contributed by atoms with van der Waals surface area (Å²) in [5.41, 5.74) is 0.973. The first-order valence-corrected chi connectivity index (χ1v) is 4.88. The van der Waals surface area contributed by atoms with Crippen molar-refractivity contribution < 1.29 is 4.42 Å². The van der Waals surface area contributed by atoms with Crippen LogP contribution in [0.3, 0.4) is 0 Å². The monoisotopic (exact) mass is 225 g/mol. The predicted octanol–water partition coefficient (Wildman–Crippen LogP) is 3.67. The van der Waals surface area contributed by atoms with Crippen molar-refractivity contribution in [3.8, 4) is 11.3 Å². The van der Waals surface area contributed by atoms with Gasteiger partial charge in [-0.2, -0.15) is 0 Å². The van der Waals surface area contributed by atoms with E-state index in [0.29, 0.717) is 9.86 Å². The number of rotatable bonds is 1. The number of hydrogen-bond donors (Lipinski definition) is 0. The Bertz CT molecular complexity index is 498. The predicted molar refractivity (Wildman–Crippen MR) is 59.0 cm³/mol. The number of halogens is 1. The normalized spacial score (nSPS) is 10.4. The lowest BCUT2D eigenvalue weighted by Crippen LogP contribution is -1.80. The van der Waals surface area contributed by atoms with Crippen LogP contribution in [0, 0.1) is 4.84 Å².